The molecule has 21 heteroatoms. The molecule has 0 aliphatic carbocycles. The molecule has 0 unspecified atom stereocenters. The second-order valence-electron chi connectivity index (χ2n) is 21.8. The van der Waals surface area contributed by atoms with E-state index in [1.165, 1.54) is 10.9 Å². The summed E-state index contributed by atoms with van der Waals surface area (Å²) in [7, 11) is 1.79. The fraction of sp³-hybridized carbons (Fsp3) is 0.467. The third-order valence-corrected chi connectivity index (χ3v) is 16.6. The van der Waals surface area contributed by atoms with Crippen molar-refractivity contribution >= 4 is 68.8 Å². The lowest BCUT2D eigenvalue weighted by molar-refractivity contribution is -0.136. The van der Waals surface area contributed by atoms with E-state index < -0.39 is 12.2 Å². The summed E-state index contributed by atoms with van der Waals surface area (Å²) >= 11 is 13.2. The van der Waals surface area contributed by atoms with Gasteiger partial charge in [-0.25, -0.2) is 4.98 Å². The molecule has 2 aliphatic heterocycles. The maximum absolute atomic E-state index is 13.7. The second kappa shape index (κ2) is 27.2. The number of H-pyrrole nitrogens is 1. The summed E-state index contributed by atoms with van der Waals surface area (Å²) in [4.78, 5) is 75.8. The minimum Gasteiger partial charge on any atom is -0.388 e. The van der Waals surface area contributed by atoms with Gasteiger partial charge < -0.3 is 40.9 Å². The van der Waals surface area contributed by atoms with E-state index in [9.17, 15) is 34.2 Å². The highest BCUT2D eigenvalue weighted by atomic mass is 35.5. The summed E-state index contributed by atoms with van der Waals surface area (Å²) in [5, 5.41) is 41.5. The van der Waals surface area contributed by atoms with E-state index in [0.717, 1.165) is 96.1 Å². The number of aliphatic hydroxyl groups is 2. The average molecular weight is 1150 g/mol. The molecule has 1 fully saturated rings. The molecule has 7 aromatic rings. The van der Waals surface area contributed by atoms with Crippen LogP contribution in [0.15, 0.2) is 84.0 Å². The standard InChI is InChI=1S/C60H74Cl2N12O7/c1-40(42-13-8-7-9-14-42)33-51(78)71-30-23-60(81,24-31-71)38-73-39-66-56-57(59(73)80)69-70(2)58(56)43-19-17-41(18-20-43)35-63-25-12-26-64-49(76)15-10-5-3-4-6-11-16-50(77)65-27-32-74-29-22-48(68-74)44-34-46(61)54(62)55-53(44)45-36-72(52(79)37-75)28-21-47(45)67-55/h7-9,13-14,17-20,22,29,34,39-40,63,67,75,81H,3-6,10-12,15-16,21,23-28,30-33,35-38H2,1-2H3,(H,64,76)(H,65,77)/t40-/m1/s1. The van der Waals surface area contributed by atoms with Gasteiger partial charge in [-0.2, -0.15) is 10.2 Å². The number of aromatic amines is 1. The largest absolute Gasteiger partial charge is 0.388 e. The Morgan fingerprint density at radius 3 is 2.23 bits per heavy atom. The number of likely N-dealkylation sites (tertiary alicyclic amines) is 1. The molecule has 1 atom stereocenters. The van der Waals surface area contributed by atoms with Crippen LogP contribution < -0.4 is 21.5 Å². The number of carbonyl (C=O) groups excluding carboxylic acids is 4. The molecule has 19 nitrogen and oxygen atoms in total. The van der Waals surface area contributed by atoms with Gasteiger partial charge in [-0.05, 0) is 67.8 Å². The summed E-state index contributed by atoms with van der Waals surface area (Å²) < 4.78 is 4.89. The minimum absolute atomic E-state index is 0.00335. The highest BCUT2D eigenvalue weighted by Crippen LogP contribution is 2.42. The van der Waals surface area contributed by atoms with E-state index in [4.69, 9.17) is 28.3 Å². The Bertz CT molecular complexity index is 3380. The Morgan fingerprint density at radius 2 is 1.52 bits per heavy atom. The lowest BCUT2D eigenvalue weighted by Gasteiger charge is -2.38. The first-order chi connectivity index (χ1) is 39.2. The highest BCUT2D eigenvalue weighted by Gasteiger charge is 2.36. The van der Waals surface area contributed by atoms with Gasteiger partial charge in [0.2, 0.25) is 23.6 Å². The number of aliphatic hydroxyl groups excluding tert-OH is 1. The van der Waals surface area contributed by atoms with Gasteiger partial charge in [0.1, 0.15) is 12.1 Å². The smallest absolute Gasteiger partial charge is 0.281 e. The van der Waals surface area contributed by atoms with Gasteiger partial charge >= 0.3 is 0 Å². The molecule has 6 heterocycles. The van der Waals surface area contributed by atoms with E-state index in [-0.39, 0.29) is 47.2 Å². The van der Waals surface area contributed by atoms with E-state index in [0.29, 0.717) is 118 Å². The summed E-state index contributed by atoms with van der Waals surface area (Å²) in [6.45, 7) is 6.18. The molecule has 1 saturated heterocycles. The average Bonchev–Trinajstić information content (AvgIpc) is 3.66. The summed E-state index contributed by atoms with van der Waals surface area (Å²) in [6, 6.07) is 21.7. The molecule has 0 radical (unpaired) electrons. The van der Waals surface area contributed by atoms with Crippen LogP contribution in [0.1, 0.15) is 112 Å². The number of nitrogens with zero attached hydrogens (tertiary/aromatic N) is 8. The van der Waals surface area contributed by atoms with Crippen molar-refractivity contribution in [3.63, 3.8) is 0 Å². The molecule has 0 bridgehead atoms. The fourth-order valence-electron chi connectivity index (χ4n) is 11.2. The number of halogens is 2. The van der Waals surface area contributed by atoms with Gasteiger partial charge in [-0.1, -0.05) is 110 Å². The normalized spacial score (nSPS) is 14.6. The Hall–Kier alpha value is -6.90. The van der Waals surface area contributed by atoms with Gasteiger partial charge in [0.15, 0.2) is 5.52 Å². The fourth-order valence-corrected chi connectivity index (χ4v) is 11.6. The molecule has 2 aliphatic rings. The van der Waals surface area contributed by atoms with E-state index in [1.54, 1.807) is 27.4 Å². The zero-order valence-electron chi connectivity index (χ0n) is 46.3. The molecule has 4 aromatic heterocycles. The van der Waals surface area contributed by atoms with Crippen LogP contribution in [-0.4, -0.2) is 129 Å². The number of rotatable bonds is 26. The number of piperidine rings is 1. The Morgan fingerprint density at radius 1 is 0.815 bits per heavy atom. The first kappa shape index (κ1) is 58.7. The van der Waals surface area contributed by atoms with Crippen LogP contribution in [0.3, 0.4) is 0 Å². The van der Waals surface area contributed by atoms with Crippen LogP contribution >= 0.6 is 23.2 Å². The Labute approximate surface area is 481 Å². The van der Waals surface area contributed by atoms with Crippen LogP contribution in [-0.2, 0) is 58.8 Å². The quantitative estimate of drug-likeness (QED) is 0.0292. The highest BCUT2D eigenvalue weighted by molar-refractivity contribution is 6.45. The summed E-state index contributed by atoms with van der Waals surface area (Å²) in [6.07, 6.45) is 12.4. The number of unbranched alkanes of at least 4 members (excludes halogenated alkanes) is 5. The number of hydrogen-bond acceptors (Lipinski definition) is 11. The Balaban J connectivity index is 0.606. The van der Waals surface area contributed by atoms with Gasteiger partial charge in [-0.15, -0.1) is 0 Å². The second-order valence-corrected chi connectivity index (χ2v) is 22.5. The van der Waals surface area contributed by atoms with Crippen molar-refractivity contribution in [2.75, 3.05) is 45.9 Å². The number of aryl methyl sites for hydroxylation is 1. The van der Waals surface area contributed by atoms with Gasteiger partial charge in [0.05, 0.1) is 52.0 Å². The predicted molar refractivity (Wildman–Crippen MR) is 313 cm³/mol. The Kier molecular flexibility index (Phi) is 19.8. The molecule has 3 aromatic carbocycles. The van der Waals surface area contributed by atoms with Crippen molar-refractivity contribution in [2.45, 2.75) is 128 Å². The first-order valence-electron chi connectivity index (χ1n) is 28.4. The van der Waals surface area contributed by atoms with Crippen molar-refractivity contribution in [3.8, 4) is 22.5 Å². The minimum atomic E-state index is -1.15. The van der Waals surface area contributed by atoms with Gasteiger partial charge in [0.25, 0.3) is 5.56 Å². The first-order valence-corrected chi connectivity index (χ1v) is 29.2. The monoisotopic (exact) mass is 1140 g/mol. The number of amides is 4. The predicted octanol–water partition coefficient (Wildman–Crippen LogP) is 7.41. The number of aromatic nitrogens is 7. The molecule has 6 N–H and O–H groups in total. The number of carbonyl (C=O) groups is 4. The molecule has 430 valence electrons. The molecule has 0 saturated carbocycles. The van der Waals surface area contributed by atoms with E-state index in [1.807, 2.05) is 71.8 Å². The SMILES string of the molecule is C[C@H](CC(=O)N1CCC(O)(Cn2cnc3c(-c4ccc(CNCCCNC(=O)CCCCCCCCC(=O)NCCn5ccc(-c6cc(Cl)c(Cl)c7[nH]c8c(c67)CN(C(=O)CO)CC8)n5)cc4)n(C)nc3c2=O)CC1)c1ccccc1. The van der Waals surface area contributed by atoms with Gasteiger partial charge in [-0.3, -0.25) is 37.9 Å². The van der Waals surface area contributed by atoms with Crippen LogP contribution in [0.5, 0.6) is 0 Å². The summed E-state index contributed by atoms with van der Waals surface area (Å²) in [5.41, 5.74) is 7.17. The zero-order chi connectivity index (χ0) is 57.0. The lowest BCUT2D eigenvalue weighted by atomic mass is 9.90. The molecular weight excluding hydrogens is 1070 g/mol. The topological polar surface area (TPSA) is 238 Å². The third kappa shape index (κ3) is 14.6. The van der Waals surface area contributed by atoms with E-state index in [2.05, 4.69) is 37.9 Å². The third-order valence-electron chi connectivity index (χ3n) is 15.8. The van der Waals surface area contributed by atoms with Crippen LogP contribution in [0.25, 0.3) is 44.5 Å². The molecule has 81 heavy (non-hydrogen) atoms. The molecule has 0 spiro atoms. The number of fused-ring (bicyclic) bond motifs is 4. The van der Waals surface area contributed by atoms with Gasteiger partial charge in [0, 0.05) is 113 Å². The lowest BCUT2D eigenvalue weighted by Crippen LogP contribution is -2.49. The van der Waals surface area contributed by atoms with Crippen molar-refractivity contribution in [1.29, 1.82) is 0 Å². The number of nitrogens with one attached hydrogen (secondary N) is 4. The maximum atomic E-state index is 13.7. The van der Waals surface area contributed by atoms with Crippen molar-refractivity contribution < 1.29 is 29.4 Å². The van der Waals surface area contributed by atoms with Crippen molar-refractivity contribution in [2.24, 2.45) is 7.05 Å². The van der Waals surface area contributed by atoms with Crippen LogP contribution in [0, 0.1) is 0 Å². The van der Waals surface area contributed by atoms with E-state index >= 15 is 0 Å². The van der Waals surface area contributed by atoms with Crippen molar-refractivity contribution in [1.82, 2.24) is 59.8 Å². The van der Waals surface area contributed by atoms with Crippen LogP contribution in [0.2, 0.25) is 10.0 Å². The maximum Gasteiger partial charge on any atom is 0.281 e. The molecular formula is C60H74Cl2N12O7. The zero-order valence-corrected chi connectivity index (χ0v) is 47.8. The molecule has 9 rings (SSSR count). The van der Waals surface area contributed by atoms with Crippen LogP contribution in [0.4, 0.5) is 0 Å². The van der Waals surface area contributed by atoms with Crippen molar-refractivity contribution in [3.05, 3.63) is 122 Å². The number of hydrogen-bond donors (Lipinski definition) is 6. The number of benzene rings is 3. The summed E-state index contributed by atoms with van der Waals surface area (Å²) in [5.74, 6) is -0.0951. The molecule has 4 amide bonds.